The summed E-state index contributed by atoms with van der Waals surface area (Å²) in [4.78, 5) is 33.0. The average Bonchev–Trinajstić information content (AvgIpc) is 2.93. The van der Waals surface area contributed by atoms with Crippen molar-refractivity contribution in [2.24, 2.45) is 0 Å². The molecule has 2 aromatic carbocycles. The Bertz CT molecular complexity index is 1200. The lowest BCUT2D eigenvalue weighted by Gasteiger charge is -2.24. The molecule has 7 nitrogen and oxygen atoms in total. The van der Waals surface area contributed by atoms with Crippen molar-refractivity contribution >= 4 is 29.3 Å². The number of ether oxygens (including phenoxy) is 2. The summed E-state index contributed by atoms with van der Waals surface area (Å²) in [5.74, 6) is 0.878. The SMILES string of the molecule is C[C@H](NC(=O)CN1C(=O)c2cccnc2Sc2ccccc21)c1ccc2c(c1)OCCO2. The fourth-order valence-corrected chi connectivity index (χ4v) is 4.78. The average molecular weight is 448 g/mol. The zero-order chi connectivity index (χ0) is 22.1. The van der Waals surface area contributed by atoms with Crippen LogP contribution in [0.2, 0.25) is 0 Å². The molecule has 2 aliphatic heterocycles. The Morgan fingerprint density at radius 2 is 1.94 bits per heavy atom. The highest BCUT2D eigenvalue weighted by Crippen LogP contribution is 2.40. The predicted octanol–water partition coefficient (Wildman–Crippen LogP) is 3.84. The quantitative estimate of drug-likeness (QED) is 0.655. The molecule has 3 aromatic rings. The molecule has 3 heterocycles. The maximum absolute atomic E-state index is 13.3. The van der Waals surface area contributed by atoms with Gasteiger partial charge in [0.25, 0.3) is 5.91 Å². The molecule has 2 aliphatic rings. The summed E-state index contributed by atoms with van der Waals surface area (Å²) in [6, 6.07) is 16.4. The number of fused-ring (bicyclic) bond motifs is 3. The number of amides is 2. The van der Waals surface area contributed by atoms with Crippen LogP contribution in [0, 0.1) is 0 Å². The van der Waals surface area contributed by atoms with Gasteiger partial charge in [0, 0.05) is 11.1 Å². The van der Waals surface area contributed by atoms with Gasteiger partial charge in [0.05, 0.1) is 17.3 Å². The fourth-order valence-electron chi connectivity index (χ4n) is 3.76. The lowest BCUT2D eigenvalue weighted by molar-refractivity contribution is -0.120. The van der Waals surface area contributed by atoms with Gasteiger partial charge in [-0.1, -0.05) is 30.0 Å². The molecular formula is C24H21N3O4S. The largest absolute Gasteiger partial charge is 0.486 e. The van der Waals surface area contributed by atoms with Crippen LogP contribution in [0.5, 0.6) is 11.5 Å². The summed E-state index contributed by atoms with van der Waals surface area (Å²) in [5, 5.41) is 3.63. The van der Waals surface area contributed by atoms with Crippen LogP contribution in [0.25, 0.3) is 0 Å². The number of anilines is 1. The number of carbonyl (C=O) groups excluding carboxylic acids is 2. The molecule has 162 valence electrons. The number of rotatable bonds is 4. The summed E-state index contributed by atoms with van der Waals surface area (Å²) in [5.41, 5.74) is 2.08. The van der Waals surface area contributed by atoms with E-state index in [2.05, 4.69) is 10.3 Å². The van der Waals surface area contributed by atoms with E-state index in [-0.39, 0.29) is 24.4 Å². The molecule has 0 spiro atoms. The van der Waals surface area contributed by atoms with Gasteiger partial charge in [-0.05, 0) is 48.9 Å². The normalized spacial score (nSPS) is 15.3. The van der Waals surface area contributed by atoms with Crippen LogP contribution in [0.1, 0.15) is 28.9 Å². The van der Waals surface area contributed by atoms with Crippen molar-refractivity contribution in [2.75, 3.05) is 24.7 Å². The molecule has 1 aromatic heterocycles. The van der Waals surface area contributed by atoms with Crippen LogP contribution in [0.15, 0.2) is 70.7 Å². The Balaban J connectivity index is 1.37. The molecular weight excluding hydrogens is 426 g/mol. The van der Waals surface area contributed by atoms with Crippen molar-refractivity contribution in [3.05, 3.63) is 71.9 Å². The second-order valence-corrected chi connectivity index (χ2v) is 8.54. The van der Waals surface area contributed by atoms with Crippen LogP contribution in [-0.4, -0.2) is 36.6 Å². The van der Waals surface area contributed by atoms with E-state index in [1.165, 1.54) is 16.7 Å². The first-order chi connectivity index (χ1) is 15.6. The molecule has 32 heavy (non-hydrogen) atoms. The molecule has 0 unspecified atom stereocenters. The molecule has 8 heteroatoms. The molecule has 5 rings (SSSR count). The van der Waals surface area contributed by atoms with Gasteiger partial charge in [0.1, 0.15) is 24.8 Å². The smallest absolute Gasteiger partial charge is 0.261 e. The van der Waals surface area contributed by atoms with Gasteiger partial charge in [0.2, 0.25) is 5.91 Å². The van der Waals surface area contributed by atoms with Gasteiger partial charge < -0.3 is 14.8 Å². The van der Waals surface area contributed by atoms with Crippen molar-refractivity contribution in [3.8, 4) is 11.5 Å². The number of benzene rings is 2. The predicted molar refractivity (Wildman–Crippen MR) is 120 cm³/mol. The highest BCUT2D eigenvalue weighted by molar-refractivity contribution is 7.99. The summed E-state index contributed by atoms with van der Waals surface area (Å²) < 4.78 is 11.2. The third-order valence-corrected chi connectivity index (χ3v) is 6.44. The van der Waals surface area contributed by atoms with Crippen molar-refractivity contribution in [1.29, 1.82) is 0 Å². The third kappa shape index (κ3) is 3.89. The number of para-hydroxylation sites is 1. The molecule has 0 radical (unpaired) electrons. The maximum atomic E-state index is 13.3. The van der Waals surface area contributed by atoms with Crippen LogP contribution in [0.3, 0.4) is 0 Å². The van der Waals surface area contributed by atoms with Gasteiger partial charge >= 0.3 is 0 Å². The van der Waals surface area contributed by atoms with E-state index >= 15 is 0 Å². The van der Waals surface area contributed by atoms with E-state index in [9.17, 15) is 9.59 Å². The molecule has 0 saturated heterocycles. The zero-order valence-electron chi connectivity index (χ0n) is 17.4. The van der Waals surface area contributed by atoms with E-state index in [4.69, 9.17) is 9.47 Å². The van der Waals surface area contributed by atoms with Crippen molar-refractivity contribution in [3.63, 3.8) is 0 Å². The number of pyridine rings is 1. The molecule has 0 saturated carbocycles. The van der Waals surface area contributed by atoms with Crippen LogP contribution < -0.4 is 19.7 Å². The second kappa shape index (κ2) is 8.55. The third-order valence-electron chi connectivity index (χ3n) is 5.35. The molecule has 0 fully saturated rings. The maximum Gasteiger partial charge on any atom is 0.261 e. The van der Waals surface area contributed by atoms with E-state index in [0.29, 0.717) is 41.0 Å². The van der Waals surface area contributed by atoms with Crippen LogP contribution in [0.4, 0.5) is 5.69 Å². The first kappa shape index (κ1) is 20.4. The lowest BCUT2D eigenvalue weighted by Crippen LogP contribution is -2.41. The minimum Gasteiger partial charge on any atom is -0.486 e. The Labute approximate surface area is 189 Å². The second-order valence-electron chi connectivity index (χ2n) is 7.51. The lowest BCUT2D eigenvalue weighted by atomic mass is 10.1. The van der Waals surface area contributed by atoms with Crippen molar-refractivity contribution in [2.45, 2.75) is 22.9 Å². The van der Waals surface area contributed by atoms with E-state index in [0.717, 1.165) is 10.5 Å². The highest BCUT2D eigenvalue weighted by atomic mass is 32.2. The minimum atomic E-state index is -0.265. The van der Waals surface area contributed by atoms with Crippen LogP contribution in [-0.2, 0) is 4.79 Å². The molecule has 1 atom stereocenters. The van der Waals surface area contributed by atoms with Gasteiger partial charge in [-0.25, -0.2) is 4.98 Å². The van der Waals surface area contributed by atoms with E-state index < -0.39 is 0 Å². The molecule has 2 amide bonds. The number of nitrogens with one attached hydrogen (secondary N) is 1. The molecule has 0 aliphatic carbocycles. The topological polar surface area (TPSA) is 80.8 Å². The van der Waals surface area contributed by atoms with Gasteiger partial charge in [0.15, 0.2) is 11.5 Å². The van der Waals surface area contributed by atoms with Gasteiger partial charge in [-0.15, -0.1) is 0 Å². The summed E-state index contributed by atoms with van der Waals surface area (Å²) >= 11 is 1.43. The van der Waals surface area contributed by atoms with Crippen LogP contribution >= 0.6 is 11.8 Å². The van der Waals surface area contributed by atoms with Crippen molar-refractivity contribution < 1.29 is 19.1 Å². The Kier molecular flexibility index (Phi) is 5.45. The fraction of sp³-hybridized carbons (Fsp3) is 0.208. The Hall–Kier alpha value is -3.52. The van der Waals surface area contributed by atoms with E-state index in [1.807, 2.05) is 49.4 Å². The number of carbonyl (C=O) groups is 2. The summed E-state index contributed by atoms with van der Waals surface area (Å²) in [7, 11) is 0. The minimum absolute atomic E-state index is 0.0976. The highest BCUT2D eigenvalue weighted by Gasteiger charge is 2.29. The zero-order valence-corrected chi connectivity index (χ0v) is 18.2. The van der Waals surface area contributed by atoms with Crippen molar-refractivity contribution in [1.82, 2.24) is 10.3 Å². The van der Waals surface area contributed by atoms with E-state index in [1.54, 1.807) is 18.3 Å². The number of aromatic nitrogens is 1. The first-order valence-corrected chi connectivity index (χ1v) is 11.1. The Morgan fingerprint density at radius 3 is 2.81 bits per heavy atom. The number of hydrogen-bond acceptors (Lipinski definition) is 6. The summed E-state index contributed by atoms with van der Waals surface area (Å²) in [6.45, 7) is 2.83. The van der Waals surface area contributed by atoms with Gasteiger partial charge in [-0.3, -0.25) is 14.5 Å². The number of hydrogen-bond donors (Lipinski definition) is 1. The number of nitrogens with zero attached hydrogens (tertiary/aromatic N) is 2. The van der Waals surface area contributed by atoms with Gasteiger partial charge in [-0.2, -0.15) is 0 Å². The first-order valence-electron chi connectivity index (χ1n) is 10.3. The molecule has 1 N–H and O–H groups in total. The summed E-state index contributed by atoms with van der Waals surface area (Å²) in [6.07, 6.45) is 1.67. The molecule has 0 bridgehead atoms. The monoisotopic (exact) mass is 447 g/mol. The standard InChI is InChI=1S/C24H21N3O4S/c1-15(16-8-9-19-20(13-16)31-12-11-30-19)26-22(28)14-27-18-6-2-3-7-21(18)32-23-17(24(27)29)5-4-10-25-23/h2-10,13,15H,11-12,14H2,1H3,(H,26,28)/t15-/m0/s1. The Morgan fingerprint density at radius 1 is 1.12 bits per heavy atom.